The van der Waals surface area contributed by atoms with E-state index in [1.807, 2.05) is 25.1 Å². The van der Waals surface area contributed by atoms with Crippen molar-refractivity contribution in [3.05, 3.63) is 71.0 Å². The highest BCUT2D eigenvalue weighted by Crippen LogP contribution is 2.19. The molecular formula is C18H15N7O2. The molecule has 0 aliphatic heterocycles. The highest BCUT2D eigenvalue weighted by molar-refractivity contribution is 5.91. The van der Waals surface area contributed by atoms with E-state index in [9.17, 15) is 9.59 Å². The van der Waals surface area contributed by atoms with Crippen LogP contribution in [0.2, 0.25) is 0 Å². The second-order valence-corrected chi connectivity index (χ2v) is 6.00. The van der Waals surface area contributed by atoms with Crippen LogP contribution < -0.4 is 10.9 Å². The van der Waals surface area contributed by atoms with Crippen LogP contribution in [-0.4, -0.2) is 35.7 Å². The third-order valence-corrected chi connectivity index (χ3v) is 4.15. The Morgan fingerprint density at radius 2 is 2.00 bits per heavy atom. The molecule has 2 heterocycles. The summed E-state index contributed by atoms with van der Waals surface area (Å²) in [4.78, 5) is 29.2. The van der Waals surface area contributed by atoms with Crippen LogP contribution in [0.5, 0.6) is 0 Å². The summed E-state index contributed by atoms with van der Waals surface area (Å²) in [5.74, 6) is -0.328. The topological polar surface area (TPSA) is 108 Å². The number of carbonyl (C=O) groups is 1. The van der Waals surface area contributed by atoms with Crippen LogP contribution in [0.25, 0.3) is 16.6 Å². The Morgan fingerprint density at radius 3 is 2.81 bits per heavy atom. The summed E-state index contributed by atoms with van der Waals surface area (Å²) in [7, 11) is 0. The molecule has 0 saturated heterocycles. The lowest BCUT2D eigenvalue weighted by Gasteiger charge is -2.11. The van der Waals surface area contributed by atoms with Gasteiger partial charge in [-0.25, -0.2) is 9.67 Å². The number of nitrogens with one attached hydrogen (secondary N) is 1. The van der Waals surface area contributed by atoms with Crippen molar-refractivity contribution >= 4 is 22.5 Å². The van der Waals surface area contributed by atoms with Gasteiger partial charge < -0.3 is 5.32 Å². The quantitative estimate of drug-likeness (QED) is 0.587. The van der Waals surface area contributed by atoms with Crippen molar-refractivity contribution in [2.45, 2.75) is 13.5 Å². The monoisotopic (exact) mass is 361 g/mol. The first-order valence-electron chi connectivity index (χ1n) is 8.20. The highest BCUT2D eigenvalue weighted by Gasteiger charge is 2.10. The average molecular weight is 361 g/mol. The van der Waals surface area contributed by atoms with Crippen molar-refractivity contribution in [3.63, 3.8) is 0 Å². The Labute approximate surface area is 153 Å². The molecule has 134 valence electrons. The summed E-state index contributed by atoms with van der Waals surface area (Å²) >= 11 is 0. The van der Waals surface area contributed by atoms with Crippen molar-refractivity contribution in [2.75, 3.05) is 5.32 Å². The van der Waals surface area contributed by atoms with Gasteiger partial charge in [-0.15, -0.1) is 5.10 Å². The Hall–Kier alpha value is -3.88. The minimum Gasteiger partial charge on any atom is -0.324 e. The number of tetrazole rings is 1. The van der Waals surface area contributed by atoms with E-state index in [-0.39, 0.29) is 18.0 Å². The first kappa shape index (κ1) is 16.6. The number of hydrogen-bond acceptors (Lipinski definition) is 6. The van der Waals surface area contributed by atoms with E-state index in [0.717, 1.165) is 5.56 Å². The van der Waals surface area contributed by atoms with E-state index in [1.54, 1.807) is 24.3 Å². The maximum absolute atomic E-state index is 12.5. The number of amides is 1. The third-order valence-electron chi connectivity index (χ3n) is 4.15. The van der Waals surface area contributed by atoms with Crippen molar-refractivity contribution in [1.29, 1.82) is 0 Å². The summed E-state index contributed by atoms with van der Waals surface area (Å²) in [6.07, 6.45) is 2.85. The second-order valence-electron chi connectivity index (χ2n) is 6.00. The van der Waals surface area contributed by atoms with E-state index in [4.69, 9.17) is 0 Å². The fraction of sp³-hybridized carbons (Fsp3) is 0.111. The lowest BCUT2D eigenvalue weighted by atomic mass is 10.2. The van der Waals surface area contributed by atoms with Gasteiger partial charge in [0.2, 0.25) is 5.91 Å². The number of aryl methyl sites for hydroxylation is 1. The smallest absolute Gasteiger partial charge is 0.261 e. The lowest BCUT2D eigenvalue weighted by Crippen LogP contribution is -2.28. The predicted octanol–water partition coefficient (Wildman–Crippen LogP) is 1.32. The van der Waals surface area contributed by atoms with Crippen LogP contribution in [0.15, 0.2) is 59.9 Å². The molecule has 9 nitrogen and oxygen atoms in total. The molecule has 2 aromatic carbocycles. The number of aromatic nitrogens is 6. The van der Waals surface area contributed by atoms with Gasteiger partial charge in [0.15, 0.2) is 0 Å². The number of anilines is 1. The minimum atomic E-state index is -0.328. The molecule has 0 fully saturated rings. The molecule has 2 aromatic heterocycles. The first-order chi connectivity index (χ1) is 13.1. The maximum atomic E-state index is 12.5. The molecule has 0 bridgehead atoms. The van der Waals surface area contributed by atoms with Gasteiger partial charge in [0, 0.05) is 5.69 Å². The third kappa shape index (κ3) is 3.30. The standard InChI is InChI=1S/C18H15N7O2/c1-12-6-7-13(25-11-20-22-23-25)8-16(12)21-17(26)9-24-10-19-15-5-3-2-4-14(15)18(24)27/h2-8,10-11H,9H2,1H3,(H,21,26). The summed E-state index contributed by atoms with van der Waals surface area (Å²) in [6, 6.07) is 12.5. The number of para-hydroxylation sites is 1. The molecule has 0 aliphatic carbocycles. The van der Waals surface area contributed by atoms with Crippen LogP contribution in [0.4, 0.5) is 5.69 Å². The van der Waals surface area contributed by atoms with Gasteiger partial charge in [0.05, 0.1) is 22.9 Å². The number of hydrogen-bond donors (Lipinski definition) is 1. The Balaban J connectivity index is 1.57. The fourth-order valence-corrected chi connectivity index (χ4v) is 2.73. The van der Waals surface area contributed by atoms with E-state index in [0.29, 0.717) is 22.3 Å². The Bertz CT molecular complexity index is 1180. The molecule has 1 amide bonds. The minimum absolute atomic E-state index is 0.134. The number of nitrogens with zero attached hydrogens (tertiary/aromatic N) is 6. The second kappa shape index (κ2) is 6.79. The molecule has 0 spiro atoms. The van der Waals surface area contributed by atoms with Crippen molar-refractivity contribution in [2.24, 2.45) is 0 Å². The molecule has 0 unspecified atom stereocenters. The Morgan fingerprint density at radius 1 is 1.15 bits per heavy atom. The lowest BCUT2D eigenvalue weighted by molar-refractivity contribution is -0.116. The van der Waals surface area contributed by atoms with Gasteiger partial charge in [-0.05, 0) is 47.2 Å². The van der Waals surface area contributed by atoms with E-state index < -0.39 is 0 Å². The summed E-state index contributed by atoms with van der Waals surface area (Å²) in [5.41, 5.74) is 2.56. The van der Waals surface area contributed by atoms with Crippen molar-refractivity contribution in [3.8, 4) is 5.69 Å². The number of carbonyl (C=O) groups excluding carboxylic acids is 1. The summed E-state index contributed by atoms with van der Waals surface area (Å²) < 4.78 is 2.78. The van der Waals surface area contributed by atoms with Crippen LogP contribution in [-0.2, 0) is 11.3 Å². The number of fused-ring (bicyclic) bond motifs is 1. The first-order valence-corrected chi connectivity index (χ1v) is 8.20. The Kier molecular flexibility index (Phi) is 4.17. The zero-order valence-electron chi connectivity index (χ0n) is 14.4. The molecule has 4 rings (SSSR count). The zero-order valence-corrected chi connectivity index (χ0v) is 14.4. The largest absolute Gasteiger partial charge is 0.324 e. The molecule has 0 radical (unpaired) electrons. The molecule has 27 heavy (non-hydrogen) atoms. The molecular weight excluding hydrogens is 346 g/mol. The van der Waals surface area contributed by atoms with Crippen LogP contribution in [0.1, 0.15) is 5.56 Å². The van der Waals surface area contributed by atoms with Gasteiger partial charge in [-0.3, -0.25) is 14.2 Å². The number of benzene rings is 2. The van der Waals surface area contributed by atoms with Gasteiger partial charge >= 0.3 is 0 Å². The van der Waals surface area contributed by atoms with Gasteiger partial charge in [-0.2, -0.15) is 0 Å². The van der Waals surface area contributed by atoms with E-state index in [1.165, 1.54) is 21.9 Å². The van der Waals surface area contributed by atoms with Crippen molar-refractivity contribution < 1.29 is 4.79 Å². The molecule has 0 saturated carbocycles. The molecule has 0 aliphatic rings. The van der Waals surface area contributed by atoms with Gasteiger partial charge in [-0.1, -0.05) is 18.2 Å². The summed E-state index contributed by atoms with van der Waals surface area (Å²) in [5, 5.41) is 14.3. The molecule has 0 atom stereocenters. The van der Waals surface area contributed by atoms with Crippen molar-refractivity contribution in [1.82, 2.24) is 29.8 Å². The van der Waals surface area contributed by atoms with E-state index in [2.05, 4.69) is 25.8 Å². The summed E-state index contributed by atoms with van der Waals surface area (Å²) in [6.45, 7) is 1.74. The average Bonchev–Trinajstić information content (AvgIpc) is 3.21. The zero-order chi connectivity index (χ0) is 18.8. The fourth-order valence-electron chi connectivity index (χ4n) is 2.73. The maximum Gasteiger partial charge on any atom is 0.261 e. The predicted molar refractivity (Wildman–Crippen MR) is 98.5 cm³/mol. The molecule has 1 N–H and O–H groups in total. The van der Waals surface area contributed by atoms with Crippen LogP contribution in [0, 0.1) is 6.92 Å². The number of rotatable bonds is 4. The SMILES string of the molecule is Cc1ccc(-n2cnnn2)cc1NC(=O)Cn1cnc2ccccc2c1=O. The highest BCUT2D eigenvalue weighted by atomic mass is 16.2. The van der Waals surface area contributed by atoms with Crippen LogP contribution in [0.3, 0.4) is 0 Å². The molecule has 4 aromatic rings. The van der Waals surface area contributed by atoms with Gasteiger partial charge in [0.25, 0.3) is 5.56 Å². The normalized spacial score (nSPS) is 10.9. The van der Waals surface area contributed by atoms with E-state index >= 15 is 0 Å². The van der Waals surface area contributed by atoms with Crippen LogP contribution >= 0.6 is 0 Å². The molecule has 9 heteroatoms. The van der Waals surface area contributed by atoms with Gasteiger partial charge in [0.1, 0.15) is 12.9 Å².